The molecule has 0 fully saturated rings. The Labute approximate surface area is 125 Å². The molecule has 3 nitrogen and oxygen atoms in total. The standard InChI is InChI=1S/C10H5BrClF2NO2S2/c11-10-6(12)4-9(18-10)19(16,17)15-5-1-2-7(13)8(14)3-5/h1-4,15H. The van der Waals surface area contributed by atoms with Crippen molar-refractivity contribution in [3.05, 3.63) is 44.7 Å². The van der Waals surface area contributed by atoms with Crippen molar-refractivity contribution in [1.82, 2.24) is 0 Å². The van der Waals surface area contributed by atoms with E-state index in [-0.39, 0.29) is 14.9 Å². The number of hydrogen-bond donors (Lipinski definition) is 1. The van der Waals surface area contributed by atoms with E-state index in [0.717, 1.165) is 29.5 Å². The van der Waals surface area contributed by atoms with Gasteiger partial charge in [-0.1, -0.05) is 11.6 Å². The third-order valence-electron chi connectivity index (χ3n) is 2.06. The maximum absolute atomic E-state index is 13.0. The van der Waals surface area contributed by atoms with Gasteiger partial charge in [-0.25, -0.2) is 17.2 Å². The third-order valence-corrected chi connectivity index (χ3v) is 6.39. The zero-order valence-electron chi connectivity index (χ0n) is 8.95. The van der Waals surface area contributed by atoms with Crippen LogP contribution in [0.2, 0.25) is 5.02 Å². The number of anilines is 1. The molecule has 0 bridgehead atoms. The van der Waals surface area contributed by atoms with Crippen molar-refractivity contribution in [2.24, 2.45) is 0 Å². The summed E-state index contributed by atoms with van der Waals surface area (Å²) >= 11 is 9.76. The van der Waals surface area contributed by atoms with E-state index in [1.165, 1.54) is 6.07 Å². The predicted octanol–water partition coefficient (Wildman–Crippen LogP) is 4.24. The first-order valence-corrected chi connectivity index (χ1v) is 8.19. The molecule has 2 aromatic rings. The molecule has 0 radical (unpaired) electrons. The highest BCUT2D eigenvalue weighted by Crippen LogP contribution is 2.35. The molecule has 0 saturated carbocycles. The lowest BCUT2D eigenvalue weighted by Gasteiger charge is -2.06. The molecule has 1 heterocycles. The van der Waals surface area contributed by atoms with E-state index in [4.69, 9.17) is 11.6 Å². The van der Waals surface area contributed by atoms with Gasteiger partial charge in [-0.15, -0.1) is 11.3 Å². The summed E-state index contributed by atoms with van der Waals surface area (Å²) in [6, 6.07) is 3.99. The predicted molar refractivity (Wildman–Crippen MR) is 74.2 cm³/mol. The van der Waals surface area contributed by atoms with Gasteiger partial charge in [0, 0.05) is 6.07 Å². The van der Waals surface area contributed by atoms with Crippen LogP contribution in [0.4, 0.5) is 14.5 Å². The smallest absolute Gasteiger partial charge is 0.271 e. The number of nitrogens with one attached hydrogen (secondary N) is 1. The molecule has 0 saturated heterocycles. The van der Waals surface area contributed by atoms with Crippen molar-refractivity contribution in [2.45, 2.75) is 4.21 Å². The van der Waals surface area contributed by atoms with Crippen molar-refractivity contribution < 1.29 is 17.2 Å². The topological polar surface area (TPSA) is 46.2 Å². The minimum atomic E-state index is -3.88. The maximum atomic E-state index is 13.0. The van der Waals surface area contributed by atoms with Gasteiger partial charge >= 0.3 is 0 Å². The Bertz CT molecular complexity index is 714. The summed E-state index contributed by atoms with van der Waals surface area (Å²) in [5.74, 6) is -2.18. The molecule has 0 unspecified atom stereocenters. The van der Waals surface area contributed by atoms with Crippen molar-refractivity contribution in [1.29, 1.82) is 0 Å². The van der Waals surface area contributed by atoms with Gasteiger partial charge in [0.05, 0.1) is 14.5 Å². The second-order valence-electron chi connectivity index (χ2n) is 3.42. The Morgan fingerprint density at radius 3 is 2.42 bits per heavy atom. The molecule has 0 spiro atoms. The average Bonchev–Trinajstić information content (AvgIpc) is 2.65. The van der Waals surface area contributed by atoms with Crippen LogP contribution in [-0.2, 0) is 10.0 Å². The lowest BCUT2D eigenvalue weighted by atomic mass is 10.3. The Morgan fingerprint density at radius 1 is 1.21 bits per heavy atom. The Balaban J connectivity index is 2.33. The molecular formula is C10H5BrClF2NO2S2. The van der Waals surface area contributed by atoms with Gasteiger partial charge in [0.25, 0.3) is 10.0 Å². The highest BCUT2D eigenvalue weighted by molar-refractivity contribution is 9.11. The lowest BCUT2D eigenvalue weighted by molar-refractivity contribution is 0.509. The van der Waals surface area contributed by atoms with Gasteiger partial charge < -0.3 is 0 Å². The number of halogens is 4. The van der Waals surface area contributed by atoms with Gasteiger partial charge in [-0.05, 0) is 34.1 Å². The fourth-order valence-electron chi connectivity index (χ4n) is 1.22. The maximum Gasteiger partial charge on any atom is 0.271 e. The van der Waals surface area contributed by atoms with Crippen LogP contribution in [0.5, 0.6) is 0 Å². The first-order chi connectivity index (χ1) is 8.79. The van der Waals surface area contributed by atoms with E-state index < -0.39 is 21.7 Å². The zero-order valence-corrected chi connectivity index (χ0v) is 12.9. The number of rotatable bonds is 3. The van der Waals surface area contributed by atoms with Gasteiger partial charge in [0.1, 0.15) is 4.21 Å². The molecule has 1 N–H and O–H groups in total. The first kappa shape index (κ1) is 14.7. The van der Waals surface area contributed by atoms with E-state index in [1.54, 1.807) is 0 Å². The van der Waals surface area contributed by atoms with E-state index >= 15 is 0 Å². The van der Waals surface area contributed by atoms with E-state index in [9.17, 15) is 17.2 Å². The molecule has 9 heteroatoms. The van der Waals surface area contributed by atoms with Crippen LogP contribution in [0.25, 0.3) is 0 Å². The molecule has 102 valence electrons. The molecule has 0 aliphatic heterocycles. The van der Waals surface area contributed by atoms with Crippen molar-refractivity contribution in [3.63, 3.8) is 0 Å². The minimum absolute atomic E-state index is 0.0332. The molecule has 0 amide bonds. The largest absolute Gasteiger partial charge is 0.279 e. The summed E-state index contributed by atoms with van der Waals surface area (Å²) in [4.78, 5) is 0. The highest BCUT2D eigenvalue weighted by atomic mass is 79.9. The molecule has 0 aliphatic carbocycles. The normalized spacial score (nSPS) is 11.6. The molecule has 1 aromatic carbocycles. The summed E-state index contributed by atoms with van der Waals surface area (Å²) in [7, 11) is -3.88. The monoisotopic (exact) mass is 387 g/mol. The van der Waals surface area contributed by atoms with Crippen molar-refractivity contribution in [3.8, 4) is 0 Å². The van der Waals surface area contributed by atoms with Crippen molar-refractivity contribution >= 4 is 54.6 Å². The van der Waals surface area contributed by atoms with Crippen LogP contribution < -0.4 is 4.72 Å². The Hall–Kier alpha value is -0.700. The number of sulfonamides is 1. The Kier molecular flexibility index (Phi) is 4.14. The van der Waals surface area contributed by atoms with E-state index in [1.807, 2.05) is 0 Å². The minimum Gasteiger partial charge on any atom is -0.279 e. The van der Waals surface area contributed by atoms with Crippen LogP contribution in [0.1, 0.15) is 0 Å². The molecule has 0 atom stereocenters. The zero-order chi connectivity index (χ0) is 14.2. The molecular weight excluding hydrogens is 384 g/mol. The highest BCUT2D eigenvalue weighted by Gasteiger charge is 2.19. The number of benzene rings is 1. The van der Waals surface area contributed by atoms with Crippen molar-refractivity contribution in [2.75, 3.05) is 4.72 Å². The number of thiophene rings is 1. The fourth-order valence-corrected chi connectivity index (χ4v) is 4.67. The average molecular weight is 389 g/mol. The van der Waals surface area contributed by atoms with Crippen LogP contribution >= 0.6 is 38.9 Å². The SMILES string of the molecule is O=S(=O)(Nc1ccc(F)c(F)c1)c1cc(Cl)c(Br)s1. The van der Waals surface area contributed by atoms with Crippen LogP contribution in [-0.4, -0.2) is 8.42 Å². The summed E-state index contributed by atoms with van der Waals surface area (Å²) in [6.07, 6.45) is 0. The van der Waals surface area contributed by atoms with E-state index in [0.29, 0.717) is 3.79 Å². The fraction of sp³-hybridized carbons (Fsp3) is 0. The van der Waals surface area contributed by atoms with E-state index in [2.05, 4.69) is 20.7 Å². The van der Waals surface area contributed by atoms with Crippen LogP contribution in [0.15, 0.2) is 32.3 Å². The summed E-state index contributed by atoms with van der Waals surface area (Å²) in [5.41, 5.74) is -0.0699. The second kappa shape index (κ2) is 5.35. The molecule has 0 aliphatic rings. The summed E-state index contributed by atoms with van der Waals surface area (Å²) < 4.78 is 52.2. The molecule has 19 heavy (non-hydrogen) atoms. The van der Waals surface area contributed by atoms with Gasteiger partial charge in [0.2, 0.25) is 0 Å². The third kappa shape index (κ3) is 3.25. The van der Waals surface area contributed by atoms with Crippen LogP contribution in [0.3, 0.4) is 0 Å². The summed E-state index contributed by atoms with van der Waals surface area (Å²) in [5, 5.41) is 0.260. The molecule has 1 aromatic heterocycles. The summed E-state index contributed by atoms with van der Waals surface area (Å²) in [6.45, 7) is 0. The van der Waals surface area contributed by atoms with Crippen LogP contribution in [0, 0.1) is 11.6 Å². The Morgan fingerprint density at radius 2 is 1.89 bits per heavy atom. The first-order valence-electron chi connectivity index (χ1n) is 4.72. The number of hydrogen-bond acceptors (Lipinski definition) is 3. The lowest BCUT2D eigenvalue weighted by Crippen LogP contribution is -2.11. The quantitative estimate of drug-likeness (QED) is 0.855. The molecule has 2 rings (SSSR count). The van der Waals surface area contributed by atoms with Gasteiger partial charge in [-0.3, -0.25) is 4.72 Å². The van der Waals surface area contributed by atoms with Gasteiger partial charge in [-0.2, -0.15) is 0 Å². The second-order valence-corrected chi connectivity index (χ2v) is 8.11. The van der Waals surface area contributed by atoms with Gasteiger partial charge in [0.15, 0.2) is 11.6 Å².